The van der Waals surface area contributed by atoms with Gasteiger partial charge in [0.15, 0.2) is 0 Å². The van der Waals surface area contributed by atoms with Gasteiger partial charge in [-0.25, -0.2) is 0 Å². The zero-order valence-corrected chi connectivity index (χ0v) is 15.4. The first-order chi connectivity index (χ1) is 11.1. The summed E-state index contributed by atoms with van der Waals surface area (Å²) >= 11 is 0. The summed E-state index contributed by atoms with van der Waals surface area (Å²) in [5, 5.41) is 9.31. The fourth-order valence-corrected chi connectivity index (χ4v) is 2.62. The molecule has 0 aromatic carbocycles. The van der Waals surface area contributed by atoms with E-state index in [1.165, 1.54) is 38.3 Å². The number of quaternary nitrogens is 1. The van der Waals surface area contributed by atoms with Gasteiger partial charge in [-0.2, -0.15) is 5.21 Å². The third kappa shape index (κ3) is 17.5. The van der Waals surface area contributed by atoms with Gasteiger partial charge in [-0.3, -0.25) is 4.79 Å². The minimum Gasteiger partial charge on any atom is -0.300 e. The number of Topliss-reactive ketones (excluding diaryl/α,β-unsaturated/α-hetero) is 1. The highest BCUT2D eigenvalue weighted by Gasteiger charge is 2.02. The molecule has 0 saturated carbocycles. The maximum absolute atomic E-state index is 11.8. The summed E-state index contributed by atoms with van der Waals surface area (Å²) in [5.74, 6) is 1.25. The molecule has 1 unspecified atom stereocenters. The summed E-state index contributed by atoms with van der Waals surface area (Å²) in [7, 11) is 0. The van der Waals surface area contributed by atoms with Crippen LogP contribution in [0.5, 0.6) is 0 Å². The molecule has 0 saturated heterocycles. The van der Waals surface area contributed by atoms with E-state index in [4.69, 9.17) is 5.21 Å². The third-order valence-corrected chi connectivity index (χ3v) is 4.12. The summed E-state index contributed by atoms with van der Waals surface area (Å²) < 4.78 is 0. The minimum atomic E-state index is 0.153. The molecule has 0 aliphatic carbocycles. The Hall–Kier alpha value is -0.710. The van der Waals surface area contributed by atoms with Crippen molar-refractivity contribution in [3.8, 4) is 0 Å². The second-order valence-electron chi connectivity index (χ2n) is 6.92. The van der Waals surface area contributed by atoms with Crippen LogP contribution >= 0.6 is 0 Å². The molecule has 0 spiro atoms. The highest BCUT2D eigenvalue weighted by atomic mass is 16.5. The maximum atomic E-state index is 11.8. The number of rotatable bonds is 17. The largest absolute Gasteiger partial charge is 0.300 e. The summed E-state index contributed by atoms with van der Waals surface area (Å²) in [5.41, 5.74) is 2.89. The number of ketones is 1. The average Bonchev–Trinajstić information content (AvgIpc) is 2.52. The molecular formula is C19H39N2O2+. The first-order valence-corrected chi connectivity index (χ1v) is 9.50. The predicted molar refractivity (Wildman–Crippen MR) is 96.2 cm³/mol. The highest BCUT2D eigenvalue weighted by Crippen LogP contribution is 2.12. The Kier molecular flexibility index (Phi) is 15.7. The van der Waals surface area contributed by atoms with Gasteiger partial charge in [-0.1, -0.05) is 64.0 Å². The van der Waals surface area contributed by atoms with E-state index in [0.29, 0.717) is 5.78 Å². The summed E-state index contributed by atoms with van der Waals surface area (Å²) in [6.07, 6.45) is 14.7. The Balaban J connectivity index is 3.23. The van der Waals surface area contributed by atoms with Gasteiger partial charge in [-0.15, -0.1) is 5.43 Å². The van der Waals surface area contributed by atoms with Crippen LogP contribution in [-0.4, -0.2) is 17.5 Å². The van der Waals surface area contributed by atoms with Gasteiger partial charge in [0.2, 0.25) is 0 Å². The first-order valence-electron chi connectivity index (χ1n) is 9.50. The fraction of sp³-hybridized carbons (Fsp3) is 0.842. The van der Waals surface area contributed by atoms with Crippen molar-refractivity contribution in [3.05, 3.63) is 12.8 Å². The molecule has 1 atom stereocenters. The van der Waals surface area contributed by atoms with Crippen LogP contribution in [0.3, 0.4) is 0 Å². The van der Waals surface area contributed by atoms with Crippen molar-refractivity contribution in [2.75, 3.05) is 6.54 Å². The number of hydrogen-bond donors (Lipinski definition) is 3. The predicted octanol–water partition coefficient (Wildman–Crippen LogP) is 3.81. The summed E-state index contributed by atoms with van der Waals surface area (Å²) in [4.78, 5) is 11.8. The fourth-order valence-electron chi connectivity index (χ4n) is 2.62. The van der Waals surface area contributed by atoms with E-state index in [9.17, 15) is 4.79 Å². The van der Waals surface area contributed by atoms with Crippen molar-refractivity contribution >= 4 is 5.78 Å². The molecule has 0 bridgehead atoms. The van der Waals surface area contributed by atoms with Crippen molar-refractivity contribution in [1.29, 1.82) is 0 Å². The summed E-state index contributed by atoms with van der Waals surface area (Å²) in [6.45, 7) is 8.80. The lowest BCUT2D eigenvalue weighted by Gasteiger charge is -2.06. The van der Waals surface area contributed by atoms with E-state index >= 15 is 0 Å². The average molecular weight is 328 g/mol. The molecule has 0 aromatic rings. The van der Waals surface area contributed by atoms with Crippen LogP contribution in [0.1, 0.15) is 90.9 Å². The molecule has 0 aliphatic rings. The number of carbonyl (C=O) groups is 1. The van der Waals surface area contributed by atoms with Crippen LogP contribution in [-0.2, 0) is 4.79 Å². The van der Waals surface area contributed by atoms with Gasteiger partial charge in [0, 0.05) is 19.4 Å². The molecule has 0 heterocycles. The molecule has 0 aliphatic heterocycles. The van der Waals surface area contributed by atoms with Gasteiger partial charge in [-0.05, 0) is 31.8 Å². The lowest BCUT2D eigenvalue weighted by molar-refractivity contribution is -1.08. The molecule has 0 aromatic heterocycles. The Morgan fingerprint density at radius 1 is 1.00 bits per heavy atom. The Morgan fingerprint density at radius 2 is 1.52 bits per heavy atom. The molecule has 3 N–H and O–H groups in total. The van der Waals surface area contributed by atoms with E-state index in [1.807, 2.05) is 0 Å². The molecular weight excluding hydrogens is 288 g/mol. The van der Waals surface area contributed by atoms with E-state index in [0.717, 1.165) is 57.4 Å². The van der Waals surface area contributed by atoms with Crippen LogP contribution < -0.4 is 10.6 Å². The van der Waals surface area contributed by atoms with Crippen LogP contribution in [0.25, 0.3) is 0 Å². The molecule has 4 heteroatoms. The second-order valence-corrected chi connectivity index (χ2v) is 6.92. The van der Waals surface area contributed by atoms with E-state index < -0.39 is 0 Å². The van der Waals surface area contributed by atoms with Gasteiger partial charge in [0.25, 0.3) is 0 Å². The number of hydroxylamine groups is 1. The summed E-state index contributed by atoms with van der Waals surface area (Å²) in [6, 6.07) is 0. The number of unbranched alkanes of at least 4 members (excludes halogenated alkanes) is 7. The molecule has 0 rings (SSSR count). The van der Waals surface area contributed by atoms with Crippen LogP contribution in [0.4, 0.5) is 0 Å². The van der Waals surface area contributed by atoms with Crippen molar-refractivity contribution in [2.45, 2.75) is 90.9 Å². The second kappa shape index (κ2) is 16.2. The van der Waals surface area contributed by atoms with Crippen LogP contribution in [0.2, 0.25) is 0 Å². The Morgan fingerprint density at radius 3 is 2.09 bits per heavy atom. The quantitative estimate of drug-likeness (QED) is 0.281. The monoisotopic (exact) mass is 327 g/mol. The minimum absolute atomic E-state index is 0.153. The molecule has 4 nitrogen and oxygen atoms in total. The normalized spacial score (nSPS) is 12.5. The lowest BCUT2D eigenvalue weighted by atomic mass is 10.0. The number of carbonyl (C=O) groups excluding carboxylic acids is 1. The molecule has 136 valence electrons. The first kappa shape index (κ1) is 22.3. The zero-order chi connectivity index (χ0) is 17.3. The van der Waals surface area contributed by atoms with Gasteiger partial charge < -0.3 is 0 Å². The van der Waals surface area contributed by atoms with Gasteiger partial charge >= 0.3 is 0 Å². The molecule has 0 amide bonds. The topological polar surface area (TPSA) is 53.8 Å². The molecule has 0 fully saturated rings. The lowest BCUT2D eigenvalue weighted by Crippen LogP contribution is -3.12. The van der Waals surface area contributed by atoms with E-state index in [2.05, 4.69) is 25.9 Å². The van der Waals surface area contributed by atoms with Crippen LogP contribution in [0, 0.1) is 5.92 Å². The van der Waals surface area contributed by atoms with Crippen molar-refractivity contribution in [3.63, 3.8) is 0 Å². The van der Waals surface area contributed by atoms with E-state index in [1.54, 1.807) is 0 Å². The van der Waals surface area contributed by atoms with Crippen LogP contribution in [0.15, 0.2) is 12.8 Å². The van der Waals surface area contributed by atoms with Crippen molar-refractivity contribution in [2.24, 2.45) is 5.92 Å². The molecule has 0 radical (unpaired) electrons. The van der Waals surface area contributed by atoms with Gasteiger partial charge in [0.05, 0.1) is 0 Å². The smallest absolute Gasteiger partial charge is 0.139 e. The SMILES string of the molecule is C=C[NH+](O)NCCCCCCCC(=O)CCCCCCC(C)C. The van der Waals surface area contributed by atoms with Crippen molar-refractivity contribution < 1.29 is 15.2 Å². The molecule has 23 heavy (non-hydrogen) atoms. The third-order valence-electron chi connectivity index (χ3n) is 4.12. The number of hydrogen-bond acceptors (Lipinski definition) is 3. The van der Waals surface area contributed by atoms with E-state index in [-0.39, 0.29) is 5.17 Å². The zero-order valence-electron chi connectivity index (χ0n) is 15.4. The Bertz CT molecular complexity index is 293. The van der Waals surface area contributed by atoms with Crippen molar-refractivity contribution in [1.82, 2.24) is 5.43 Å². The van der Waals surface area contributed by atoms with Gasteiger partial charge in [0.1, 0.15) is 12.0 Å². The Labute approximate surface area is 143 Å². The standard InChI is InChI=1S/C19H38N2O2/c1-4-21(23)20-17-13-9-5-6-11-15-19(22)16-12-8-7-10-14-18(2)3/h4,18,20,23H,1,5-17H2,2-3H3/p+1. The maximum Gasteiger partial charge on any atom is 0.139 e. The highest BCUT2D eigenvalue weighted by molar-refractivity contribution is 5.78. The number of nitrogens with one attached hydrogen (secondary N) is 2.